The number of rotatable bonds is 2. The Balaban J connectivity index is 1.60. The molecular weight excluding hydrogens is 368 g/mol. The number of imidazole rings is 1. The monoisotopic (exact) mass is 384 g/mol. The van der Waals surface area contributed by atoms with Gasteiger partial charge < -0.3 is 9.47 Å². The van der Waals surface area contributed by atoms with Crippen LogP contribution in [0.15, 0.2) is 47.2 Å². The van der Waals surface area contributed by atoms with Gasteiger partial charge in [-0.15, -0.1) is 0 Å². The van der Waals surface area contributed by atoms with E-state index < -0.39 is 0 Å². The first-order chi connectivity index (χ1) is 11.6. The highest BCUT2D eigenvalue weighted by Gasteiger charge is 2.30. The highest BCUT2D eigenvalue weighted by molar-refractivity contribution is 9.10. The molecule has 3 aromatic rings. The summed E-state index contributed by atoms with van der Waals surface area (Å²) in [5.74, 6) is 1.04. The molecule has 1 fully saturated rings. The van der Waals surface area contributed by atoms with Crippen LogP contribution in [0, 0.1) is 6.92 Å². The highest BCUT2D eigenvalue weighted by atomic mass is 79.9. The number of likely N-dealkylation sites (tertiary alicyclic amines) is 1. The van der Waals surface area contributed by atoms with Gasteiger partial charge in [-0.25, -0.2) is 4.98 Å². The Hall–Kier alpha value is -2.21. The molecule has 1 aliphatic rings. The van der Waals surface area contributed by atoms with Crippen LogP contribution in [0.25, 0.3) is 11.0 Å². The number of aryl methyl sites for hydroxylation is 1. The number of aromatic nitrogens is 3. The fraction of sp³-hybridized carbons (Fsp3) is 0.278. The second-order valence-electron chi connectivity index (χ2n) is 6.10. The lowest BCUT2D eigenvalue weighted by Gasteiger charge is -2.18. The van der Waals surface area contributed by atoms with E-state index in [0.29, 0.717) is 12.1 Å². The van der Waals surface area contributed by atoms with E-state index in [2.05, 4.69) is 36.5 Å². The second-order valence-corrected chi connectivity index (χ2v) is 7.02. The van der Waals surface area contributed by atoms with Crippen molar-refractivity contribution in [1.29, 1.82) is 0 Å². The standard InChI is InChI=1S/C18H17BrN4O/c1-12-21-16-4-2-3-5-17(16)23(12)15-6-7-22(11-15)18(24)13-8-14(19)10-20-9-13/h2-5,8-10,15H,6-7,11H2,1H3/t15-/m1/s1. The minimum atomic E-state index is 0.0355. The zero-order valence-corrected chi connectivity index (χ0v) is 14.9. The molecule has 0 aliphatic carbocycles. The van der Waals surface area contributed by atoms with Gasteiger partial charge >= 0.3 is 0 Å². The molecular formula is C18H17BrN4O. The topological polar surface area (TPSA) is 51.0 Å². The summed E-state index contributed by atoms with van der Waals surface area (Å²) < 4.78 is 3.09. The Morgan fingerprint density at radius 2 is 2.12 bits per heavy atom. The van der Waals surface area contributed by atoms with Crippen molar-refractivity contribution in [2.75, 3.05) is 13.1 Å². The van der Waals surface area contributed by atoms with Gasteiger partial charge in [-0.2, -0.15) is 0 Å². The van der Waals surface area contributed by atoms with Crippen molar-refractivity contribution in [1.82, 2.24) is 19.4 Å². The van der Waals surface area contributed by atoms with Crippen molar-refractivity contribution in [2.45, 2.75) is 19.4 Å². The third-order valence-electron chi connectivity index (χ3n) is 4.54. The van der Waals surface area contributed by atoms with Crippen molar-refractivity contribution in [3.63, 3.8) is 0 Å². The van der Waals surface area contributed by atoms with Crippen LogP contribution >= 0.6 is 15.9 Å². The highest BCUT2D eigenvalue weighted by Crippen LogP contribution is 2.28. The van der Waals surface area contributed by atoms with E-state index in [-0.39, 0.29) is 11.9 Å². The van der Waals surface area contributed by atoms with Gasteiger partial charge in [-0.1, -0.05) is 12.1 Å². The Morgan fingerprint density at radius 3 is 2.96 bits per heavy atom. The third kappa shape index (κ3) is 2.60. The first-order valence-corrected chi connectivity index (χ1v) is 8.76. The van der Waals surface area contributed by atoms with Crippen LogP contribution < -0.4 is 0 Å². The zero-order chi connectivity index (χ0) is 16.7. The first kappa shape index (κ1) is 15.3. The van der Waals surface area contributed by atoms with Crippen LogP contribution in [0.5, 0.6) is 0 Å². The molecule has 4 rings (SSSR count). The lowest BCUT2D eigenvalue weighted by molar-refractivity contribution is 0.0787. The van der Waals surface area contributed by atoms with Gasteiger partial charge in [0.1, 0.15) is 5.82 Å². The molecule has 1 saturated heterocycles. The minimum absolute atomic E-state index is 0.0355. The minimum Gasteiger partial charge on any atom is -0.336 e. The van der Waals surface area contributed by atoms with Gasteiger partial charge in [0.25, 0.3) is 5.91 Å². The molecule has 1 atom stereocenters. The number of halogens is 1. The average Bonchev–Trinajstić information content (AvgIpc) is 3.17. The van der Waals surface area contributed by atoms with Gasteiger partial charge in [0.15, 0.2) is 0 Å². The fourth-order valence-corrected chi connectivity index (χ4v) is 3.84. The number of para-hydroxylation sites is 2. The molecule has 0 radical (unpaired) electrons. The maximum atomic E-state index is 12.7. The van der Waals surface area contributed by atoms with Gasteiger partial charge in [0, 0.05) is 30.0 Å². The van der Waals surface area contributed by atoms with Crippen LogP contribution in [-0.2, 0) is 0 Å². The normalized spacial score (nSPS) is 17.6. The summed E-state index contributed by atoms with van der Waals surface area (Å²) in [7, 11) is 0. The molecule has 122 valence electrons. The van der Waals surface area contributed by atoms with Crippen molar-refractivity contribution in [3.8, 4) is 0 Å². The maximum absolute atomic E-state index is 12.7. The van der Waals surface area contributed by atoms with Gasteiger partial charge in [-0.05, 0) is 47.5 Å². The summed E-state index contributed by atoms with van der Waals surface area (Å²) in [6, 6.07) is 10.2. The summed E-state index contributed by atoms with van der Waals surface area (Å²) in [5.41, 5.74) is 2.77. The largest absolute Gasteiger partial charge is 0.336 e. The number of nitrogens with zero attached hydrogens (tertiary/aromatic N) is 4. The zero-order valence-electron chi connectivity index (χ0n) is 13.3. The summed E-state index contributed by atoms with van der Waals surface area (Å²) in [6.45, 7) is 3.48. The van der Waals surface area contributed by atoms with Gasteiger partial charge in [0.05, 0.1) is 22.6 Å². The molecule has 2 aromatic heterocycles. The van der Waals surface area contributed by atoms with E-state index in [9.17, 15) is 4.79 Å². The number of benzene rings is 1. The van der Waals surface area contributed by atoms with E-state index in [1.54, 1.807) is 12.4 Å². The molecule has 0 spiro atoms. The maximum Gasteiger partial charge on any atom is 0.255 e. The molecule has 0 N–H and O–H groups in total. The number of hydrogen-bond donors (Lipinski definition) is 0. The number of carbonyl (C=O) groups excluding carboxylic acids is 1. The van der Waals surface area contributed by atoms with Gasteiger partial charge in [-0.3, -0.25) is 9.78 Å². The molecule has 24 heavy (non-hydrogen) atoms. The molecule has 1 aliphatic heterocycles. The van der Waals surface area contributed by atoms with Crippen molar-refractivity contribution in [2.24, 2.45) is 0 Å². The quantitative estimate of drug-likeness (QED) is 0.678. The van der Waals surface area contributed by atoms with Gasteiger partial charge in [0.2, 0.25) is 0 Å². The molecule has 3 heterocycles. The summed E-state index contributed by atoms with van der Waals surface area (Å²) in [6.07, 6.45) is 4.25. The summed E-state index contributed by atoms with van der Waals surface area (Å²) in [4.78, 5) is 23.3. The van der Waals surface area contributed by atoms with Crippen molar-refractivity contribution < 1.29 is 4.79 Å². The first-order valence-electron chi connectivity index (χ1n) is 7.97. The Labute approximate surface area is 148 Å². The van der Waals surface area contributed by atoms with E-state index in [0.717, 1.165) is 34.3 Å². The molecule has 0 unspecified atom stereocenters. The SMILES string of the molecule is Cc1nc2ccccc2n1[C@@H]1CCN(C(=O)c2cncc(Br)c2)C1. The number of fused-ring (bicyclic) bond motifs is 1. The smallest absolute Gasteiger partial charge is 0.255 e. The van der Waals surface area contributed by atoms with Crippen LogP contribution in [0.3, 0.4) is 0 Å². The Morgan fingerprint density at radius 1 is 1.29 bits per heavy atom. The van der Waals surface area contributed by atoms with E-state index in [4.69, 9.17) is 0 Å². The molecule has 0 bridgehead atoms. The van der Waals surface area contributed by atoms with Crippen LogP contribution in [0.1, 0.15) is 28.6 Å². The molecule has 6 heteroatoms. The number of pyridine rings is 1. The Kier molecular flexibility index (Phi) is 3.84. The fourth-order valence-electron chi connectivity index (χ4n) is 3.47. The molecule has 1 aromatic carbocycles. The lowest BCUT2D eigenvalue weighted by Crippen LogP contribution is -2.29. The van der Waals surface area contributed by atoms with Crippen LogP contribution in [0.2, 0.25) is 0 Å². The summed E-state index contributed by atoms with van der Waals surface area (Å²) in [5, 5.41) is 0. The van der Waals surface area contributed by atoms with Crippen molar-refractivity contribution >= 4 is 32.9 Å². The number of carbonyl (C=O) groups is 1. The molecule has 5 nitrogen and oxygen atoms in total. The number of hydrogen-bond acceptors (Lipinski definition) is 3. The van der Waals surface area contributed by atoms with E-state index >= 15 is 0 Å². The predicted molar refractivity (Wildman–Crippen MR) is 96.0 cm³/mol. The predicted octanol–water partition coefficient (Wildman–Crippen LogP) is 3.59. The molecule has 1 amide bonds. The van der Waals surface area contributed by atoms with Crippen LogP contribution in [-0.4, -0.2) is 38.4 Å². The van der Waals surface area contributed by atoms with E-state index in [1.807, 2.05) is 36.1 Å². The van der Waals surface area contributed by atoms with Crippen LogP contribution in [0.4, 0.5) is 0 Å². The number of amides is 1. The Bertz CT molecular complexity index is 920. The molecule has 0 saturated carbocycles. The lowest BCUT2D eigenvalue weighted by atomic mass is 10.2. The third-order valence-corrected chi connectivity index (χ3v) is 4.97. The summed E-state index contributed by atoms with van der Waals surface area (Å²) >= 11 is 3.37. The van der Waals surface area contributed by atoms with E-state index in [1.165, 1.54) is 0 Å². The second kappa shape index (κ2) is 6.02. The van der Waals surface area contributed by atoms with Crippen molar-refractivity contribution in [3.05, 3.63) is 58.6 Å². The average molecular weight is 385 g/mol.